The number of nitrogens with one attached hydrogen (secondary N) is 1. The summed E-state index contributed by atoms with van der Waals surface area (Å²) in [5.41, 5.74) is 2.05. The summed E-state index contributed by atoms with van der Waals surface area (Å²) in [5.74, 6) is 1.02. The summed E-state index contributed by atoms with van der Waals surface area (Å²) in [4.78, 5) is 16.9. The van der Waals surface area contributed by atoms with Crippen molar-refractivity contribution in [1.29, 1.82) is 0 Å². The van der Waals surface area contributed by atoms with Crippen molar-refractivity contribution in [3.05, 3.63) is 76.9 Å². The van der Waals surface area contributed by atoms with Crippen LogP contribution in [0.4, 0.5) is 5.69 Å². The van der Waals surface area contributed by atoms with E-state index in [1.807, 2.05) is 34.9 Å². The Morgan fingerprint density at radius 2 is 1.91 bits per heavy atom. The van der Waals surface area contributed by atoms with E-state index in [-0.39, 0.29) is 11.7 Å². The lowest BCUT2D eigenvalue weighted by Crippen LogP contribution is -2.14. The van der Waals surface area contributed by atoms with Gasteiger partial charge in [-0.1, -0.05) is 41.0 Å². The van der Waals surface area contributed by atoms with Gasteiger partial charge in [0.15, 0.2) is 11.0 Å². The smallest absolute Gasteiger partial charge is 0.234 e. The average molecular weight is 486 g/mol. The van der Waals surface area contributed by atoms with Crippen LogP contribution in [0.5, 0.6) is 5.75 Å². The van der Waals surface area contributed by atoms with E-state index in [9.17, 15) is 4.79 Å². The number of hydrogen-bond acceptors (Lipinski definition) is 6. The van der Waals surface area contributed by atoms with Crippen LogP contribution >= 0.6 is 35.0 Å². The van der Waals surface area contributed by atoms with Crippen LogP contribution in [0.1, 0.15) is 0 Å². The average Bonchev–Trinajstić information content (AvgIpc) is 3.23. The molecule has 1 amide bonds. The number of halogens is 2. The predicted octanol–water partition coefficient (Wildman–Crippen LogP) is 5.38. The number of aromatic nitrogens is 4. The van der Waals surface area contributed by atoms with Gasteiger partial charge in [-0.3, -0.25) is 14.3 Å². The van der Waals surface area contributed by atoms with E-state index in [0.29, 0.717) is 38.2 Å². The molecular weight excluding hydrogens is 469 g/mol. The molecule has 32 heavy (non-hydrogen) atoms. The van der Waals surface area contributed by atoms with Gasteiger partial charge in [0.1, 0.15) is 11.4 Å². The third kappa shape index (κ3) is 5.04. The molecule has 0 saturated heterocycles. The van der Waals surface area contributed by atoms with Crippen molar-refractivity contribution in [2.45, 2.75) is 5.16 Å². The van der Waals surface area contributed by atoms with Gasteiger partial charge in [0.2, 0.25) is 5.91 Å². The molecule has 1 N–H and O–H groups in total. The van der Waals surface area contributed by atoms with Crippen molar-refractivity contribution in [2.24, 2.45) is 0 Å². The number of amides is 1. The van der Waals surface area contributed by atoms with Gasteiger partial charge >= 0.3 is 0 Å². The fourth-order valence-electron chi connectivity index (χ4n) is 2.92. The van der Waals surface area contributed by atoms with Gasteiger partial charge in [0, 0.05) is 22.6 Å². The fraction of sp³-hybridized carbons (Fsp3) is 0.0909. The molecule has 0 fully saturated rings. The van der Waals surface area contributed by atoms with E-state index >= 15 is 0 Å². The van der Waals surface area contributed by atoms with Crippen LogP contribution in [0.15, 0.2) is 72.0 Å². The first-order valence-corrected chi connectivity index (χ1v) is 11.2. The number of pyridine rings is 1. The van der Waals surface area contributed by atoms with Gasteiger partial charge in [-0.25, -0.2) is 0 Å². The quantitative estimate of drug-likeness (QED) is 0.354. The standard InChI is InChI=1S/C22H17Cl2N5O2S/c1-31-19-10-7-15(12-17(19)24)26-20(30)13-32-22-28-27-21(18-4-2-3-11-25-18)29(22)16-8-5-14(23)6-9-16/h2-12H,13H2,1H3,(H,26,30). The molecule has 4 rings (SSSR count). The molecule has 10 heteroatoms. The number of hydrogen-bond donors (Lipinski definition) is 1. The van der Waals surface area contributed by atoms with Crippen LogP contribution in [0.25, 0.3) is 17.2 Å². The second kappa shape index (κ2) is 10.0. The summed E-state index contributed by atoms with van der Waals surface area (Å²) < 4.78 is 6.98. The first-order valence-electron chi connectivity index (χ1n) is 9.44. The first kappa shape index (κ1) is 22.1. The SMILES string of the molecule is COc1ccc(NC(=O)CSc2nnc(-c3ccccn3)n2-c2ccc(Cl)cc2)cc1Cl. The van der Waals surface area contributed by atoms with E-state index in [4.69, 9.17) is 27.9 Å². The molecule has 0 radical (unpaired) electrons. The minimum absolute atomic E-state index is 0.123. The molecule has 0 unspecified atom stereocenters. The van der Waals surface area contributed by atoms with Crippen LogP contribution in [0.2, 0.25) is 10.0 Å². The zero-order chi connectivity index (χ0) is 22.5. The molecule has 4 aromatic rings. The molecule has 2 heterocycles. The van der Waals surface area contributed by atoms with Gasteiger partial charge in [-0.2, -0.15) is 0 Å². The Morgan fingerprint density at radius 3 is 2.59 bits per heavy atom. The van der Waals surface area contributed by atoms with Crippen molar-refractivity contribution in [1.82, 2.24) is 19.7 Å². The zero-order valence-corrected chi connectivity index (χ0v) is 19.2. The molecule has 0 aliphatic rings. The Bertz CT molecular complexity index is 1230. The molecule has 0 bridgehead atoms. The second-order valence-electron chi connectivity index (χ2n) is 6.52. The number of carbonyl (C=O) groups excluding carboxylic acids is 1. The summed E-state index contributed by atoms with van der Waals surface area (Å²) in [7, 11) is 1.53. The summed E-state index contributed by atoms with van der Waals surface area (Å²) in [6.45, 7) is 0. The van der Waals surface area contributed by atoms with Crippen LogP contribution in [0, 0.1) is 0 Å². The number of benzene rings is 2. The minimum Gasteiger partial charge on any atom is -0.495 e. The Hall–Kier alpha value is -3.07. The number of rotatable bonds is 7. The highest BCUT2D eigenvalue weighted by atomic mass is 35.5. The van der Waals surface area contributed by atoms with Crippen molar-refractivity contribution < 1.29 is 9.53 Å². The van der Waals surface area contributed by atoms with Gasteiger partial charge in [-0.15, -0.1) is 10.2 Å². The maximum atomic E-state index is 12.5. The van der Waals surface area contributed by atoms with E-state index < -0.39 is 0 Å². The third-order valence-corrected chi connectivity index (χ3v) is 5.86. The minimum atomic E-state index is -0.207. The summed E-state index contributed by atoms with van der Waals surface area (Å²) in [5, 5.41) is 13.0. The third-order valence-electron chi connectivity index (χ3n) is 4.38. The van der Waals surface area contributed by atoms with Gasteiger partial charge < -0.3 is 10.1 Å². The maximum Gasteiger partial charge on any atom is 0.234 e. The van der Waals surface area contributed by atoms with E-state index in [1.165, 1.54) is 18.9 Å². The molecule has 0 spiro atoms. The molecule has 7 nitrogen and oxygen atoms in total. The number of nitrogens with zero attached hydrogens (tertiary/aromatic N) is 4. The van der Waals surface area contributed by atoms with Crippen LogP contribution in [-0.2, 0) is 4.79 Å². The Kier molecular flexibility index (Phi) is 6.94. The molecule has 162 valence electrons. The summed E-state index contributed by atoms with van der Waals surface area (Å²) >= 11 is 13.4. The fourth-order valence-corrected chi connectivity index (χ4v) is 4.05. The lowest BCUT2D eigenvalue weighted by atomic mass is 10.3. The number of anilines is 1. The summed E-state index contributed by atoms with van der Waals surface area (Å²) in [6.07, 6.45) is 1.69. The molecule has 2 aromatic carbocycles. The lowest BCUT2D eigenvalue weighted by molar-refractivity contribution is -0.113. The molecule has 2 aromatic heterocycles. The van der Waals surface area contributed by atoms with Crippen molar-refractivity contribution in [3.8, 4) is 23.0 Å². The van der Waals surface area contributed by atoms with Gasteiger partial charge in [-0.05, 0) is 54.6 Å². The Balaban J connectivity index is 1.55. The second-order valence-corrected chi connectivity index (χ2v) is 8.31. The molecule has 0 aliphatic heterocycles. The number of thioether (sulfide) groups is 1. The number of carbonyl (C=O) groups is 1. The highest BCUT2D eigenvalue weighted by Gasteiger charge is 2.18. The Labute approximate surface area is 198 Å². The van der Waals surface area contributed by atoms with E-state index in [0.717, 1.165) is 5.69 Å². The zero-order valence-electron chi connectivity index (χ0n) is 16.8. The largest absolute Gasteiger partial charge is 0.495 e. The first-order chi connectivity index (χ1) is 15.5. The van der Waals surface area contributed by atoms with Crippen LogP contribution in [0.3, 0.4) is 0 Å². The molecule has 0 aliphatic carbocycles. The Morgan fingerprint density at radius 1 is 1.09 bits per heavy atom. The van der Waals surface area contributed by atoms with Crippen LogP contribution < -0.4 is 10.1 Å². The predicted molar refractivity (Wildman–Crippen MR) is 127 cm³/mol. The van der Waals surface area contributed by atoms with Crippen molar-refractivity contribution in [2.75, 3.05) is 18.2 Å². The lowest BCUT2D eigenvalue weighted by Gasteiger charge is -2.11. The van der Waals surface area contributed by atoms with E-state index in [1.54, 1.807) is 36.5 Å². The van der Waals surface area contributed by atoms with E-state index in [2.05, 4.69) is 20.5 Å². The number of methoxy groups -OCH3 is 1. The maximum absolute atomic E-state index is 12.5. The van der Waals surface area contributed by atoms with Gasteiger partial charge in [0.25, 0.3) is 0 Å². The molecule has 0 atom stereocenters. The highest BCUT2D eigenvalue weighted by molar-refractivity contribution is 7.99. The van der Waals surface area contributed by atoms with Crippen LogP contribution in [-0.4, -0.2) is 38.5 Å². The van der Waals surface area contributed by atoms with Crippen molar-refractivity contribution in [3.63, 3.8) is 0 Å². The summed E-state index contributed by atoms with van der Waals surface area (Å²) in [6, 6.07) is 17.9. The highest BCUT2D eigenvalue weighted by Crippen LogP contribution is 2.29. The normalized spacial score (nSPS) is 10.7. The molecule has 0 saturated carbocycles. The monoisotopic (exact) mass is 485 g/mol. The molecular formula is C22H17Cl2N5O2S. The topological polar surface area (TPSA) is 81.9 Å². The van der Waals surface area contributed by atoms with Gasteiger partial charge in [0.05, 0.1) is 17.9 Å². The number of ether oxygens (including phenoxy) is 1. The van der Waals surface area contributed by atoms with Crippen molar-refractivity contribution >= 4 is 46.6 Å².